The van der Waals surface area contributed by atoms with E-state index in [2.05, 4.69) is 56.8 Å². The van der Waals surface area contributed by atoms with Crippen LogP contribution in [0.3, 0.4) is 0 Å². The molecule has 4 aliphatic heterocycles. The third-order valence-electron chi connectivity index (χ3n) is 6.47. The summed E-state index contributed by atoms with van der Waals surface area (Å²) in [6.45, 7) is 5.78. The minimum Gasteiger partial charge on any atom is -0.378 e. The van der Waals surface area contributed by atoms with E-state index in [-0.39, 0.29) is 11.9 Å². The lowest BCUT2D eigenvalue weighted by Crippen LogP contribution is -2.36. The number of aromatic nitrogens is 1. The van der Waals surface area contributed by atoms with Crippen molar-refractivity contribution in [2.45, 2.75) is 19.5 Å². The number of morpholine rings is 1. The monoisotopic (exact) mass is 441 g/mol. The van der Waals surface area contributed by atoms with Crippen LogP contribution in [0.5, 0.6) is 0 Å². The Morgan fingerprint density at radius 1 is 1.21 bits per heavy atom. The first-order valence-corrected chi connectivity index (χ1v) is 11.2. The zero-order valence-electron chi connectivity index (χ0n) is 18.4. The van der Waals surface area contributed by atoms with Crippen LogP contribution in [-0.4, -0.2) is 47.9 Å². The van der Waals surface area contributed by atoms with Crippen LogP contribution in [0.4, 0.5) is 17.2 Å². The summed E-state index contributed by atoms with van der Waals surface area (Å²) in [4.78, 5) is 19.6. The lowest BCUT2D eigenvalue weighted by molar-refractivity contribution is -0.533. The predicted molar refractivity (Wildman–Crippen MR) is 126 cm³/mol. The molecule has 0 radical (unpaired) electrons. The lowest BCUT2D eigenvalue weighted by atomic mass is 9.91. The van der Waals surface area contributed by atoms with E-state index in [0.29, 0.717) is 17.9 Å². The molecular weight excluding hydrogens is 416 g/mol. The average molecular weight is 442 g/mol. The number of carbonyl (C=O) groups is 1. The number of fused-ring (bicyclic) bond motifs is 2. The number of hydrogen-bond donors (Lipinski definition) is 2. The number of carbonyl (C=O) groups excluding carboxylic acids is 1. The summed E-state index contributed by atoms with van der Waals surface area (Å²) >= 11 is 0. The van der Waals surface area contributed by atoms with Gasteiger partial charge in [0.05, 0.1) is 41.9 Å². The molecule has 8 nitrogen and oxygen atoms in total. The SMILES string of the molecule is CC1=C[N+]2=NC=C(c3ccc(Nc4ccc(N5CCOCC5)cn4)c4c3CNC4=O)C2C=C1. The summed E-state index contributed by atoms with van der Waals surface area (Å²) in [7, 11) is 0. The molecule has 4 aliphatic rings. The molecule has 1 atom stereocenters. The van der Waals surface area contributed by atoms with Gasteiger partial charge in [0, 0.05) is 25.2 Å². The Labute approximate surface area is 192 Å². The summed E-state index contributed by atoms with van der Waals surface area (Å²) in [6, 6.07) is 8.11. The maximum Gasteiger partial charge on any atom is 0.254 e. The minimum atomic E-state index is -0.0680. The molecule has 1 aromatic carbocycles. The van der Waals surface area contributed by atoms with Gasteiger partial charge in [0.1, 0.15) is 12.0 Å². The van der Waals surface area contributed by atoms with Crippen LogP contribution in [0.2, 0.25) is 0 Å². The van der Waals surface area contributed by atoms with Gasteiger partial charge in [-0.05, 0) is 47.4 Å². The van der Waals surface area contributed by atoms with Gasteiger partial charge in [0.25, 0.3) is 5.91 Å². The standard InChI is InChI=1S/C25H24N6O2/c1-16-2-6-22-19(14-28-31(22)15-16)18-4-5-21(24-20(18)13-27-25(24)32)29-23-7-3-17(12-26-23)30-8-10-33-11-9-30/h2-7,12,14-15,22H,8-11,13H2,1H3,(H,27,32)/p+1. The summed E-state index contributed by atoms with van der Waals surface area (Å²) in [5, 5.41) is 10.9. The highest BCUT2D eigenvalue weighted by Gasteiger charge is 2.36. The topological polar surface area (TPSA) is 81.9 Å². The molecule has 33 heavy (non-hydrogen) atoms. The Morgan fingerprint density at radius 2 is 2.09 bits per heavy atom. The van der Waals surface area contributed by atoms with Crippen LogP contribution >= 0.6 is 0 Å². The van der Waals surface area contributed by atoms with Gasteiger partial charge in [0.15, 0.2) is 6.20 Å². The molecule has 1 amide bonds. The fourth-order valence-corrected chi connectivity index (χ4v) is 4.78. The number of hydrogen-bond acceptors (Lipinski definition) is 6. The van der Waals surface area contributed by atoms with E-state index in [1.54, 1.807) is 0 Å². The van der Waals surface area contributed by atoms with E-state index in [4.69, 9.17) is 4.74 Å². The lowest BCUT2D eigenvalue weighted by Gasteiger charge is -2.28. The van der Waals surface area contributed by atoms with Gasteiger partial charge in [-0.1, -0.05) is 16.8 Å². The Morgan fingerprint density at radius 3 is 2.91 bits per heavy atom. The van der Waals surface area contributed by atoms with E-state index >= 15 is 0 Å². The number of benzene rings is 1. The number of azo groups is 2. The fraction of sp³-hybridized carbons (Fsp3) is 0.280. The van der Waals surface area contributed by atoms with E-state index in [1.165, 1.54) is 5.57 Å². The minimum absolute atomic E-state index is 0.0571. The summed E-state index contributed by atoms with van der Waals surface area (Å²) in [6.07, 6.45) is 10.1. The van der Waals surface area contributed by atoms with Gasteiger partial charge in [-0.3, -0.25) is 4.79 Å². The number of amides is 1. The van der Waals surface area contributed by atoms with Crippen molar-refractivity contribution < 1.29 is 14.2 Å². The van der Waals surface area contributed by atoms with Gasteiger partial charge >= 0.3 is 0 Å². The van der Waals surface area contributed by atoms with E-state index < -0.39 is 0 Å². The molecule has 5 heterocycles. The van der Waals surface area contributed by atoms with Crippen LogP contribution < -0.4 is 15.5 Å². The molecule has 2 aromatic rings. The van der Waals surface area contributed by atoms with Crippen molar-refractivity contribution in [2.24, 2.45) is 5.11 Å². The van der Waals surface area contributed by atoms with Crippen molar-refractivity contribution in [2.75, 3.05) is 36.5 Å². The van der Waals surface area contributed by atoms with Crippen LogP contribution in [0.1, 0.15) is 28.4 Å². The molecule has 0 aliphatic carbocycles. The third-order valence-corrected chi connectivity index (χ3v) is 6.47. The van der Waals surface area contributed by atoms with Crippen molar-refractivity contribution in [3.63, 3.8) is 0 Å². The van der Waals surface area contributed by atoms with Gasteiger partial charge in [-0.25, -0.2) is 4.98 Å². The quantitative estimate of drug-likeness (QED) is 0.709. The number of ether oxygens (including phenoxy) is 1. The van der Waals surface area contributed by atoms with Crippen molar-refractivity contribution in [1.82, 2.24) is 10.3 Å². The highest BCUT2D eigenvalue weighted by molar-refractivity contribution is 6.05. The first-order chi connectivity index (χ1) is 16.2. The number of anilines is 3. The zero-order chi connectivity index (χ0) is 22.4. The van der Waals surface area contributed by atoms with Crippen molar-refractivity contribution in [1.29, 1.82) is 0 Å². The van der Waals surface area contributed by atoms with Crippen LogP contribution in [0.25, 0.3) is 5.57 Å². The van der Waals surface area contributed by atoms with E-state index in [9.17, 15) is 4.79 Å². The van der Waals surface area contributed by atoms with Crippen LogP contribution in [0.15, 0.2) is 65.7 Å². The molecule has 1 fully saturated rings. The number of nitrogens with zero attached hydrogens (tertiary/aromatic N) is 4. The normalized spacial score (nSPS) is 21.1. The molecule has 8 heteroatoms. The van der Waals surface area contributed by atoms with E-state index in [1.807, 2.05) is 35.4 Å². The number of allylic oxidation sites excluding steroid dienone is 2. The largest absolute Gasteiger partial charge is 0.378 e. The number of pyridine rings is 1. The van der Waals surface area contributed by atoms with Crippen LogP contribution in [-0.2, 0) is 11.3 Å². The third kappa shape index (κ3) is 3.52. The molecule has 6 rings (SSSR count). The van der Waals surface area contributed by atoms with Crippen molar-refractivity contribution in [3.05, 3.63) is 77.3 Å². The molecule has 0 saturated carbocycles. The van der Waals surface area contributed by atoms with Crippen LogP contribution in [0, 0.1) is 0 Å². The first-order valence-electron chi connectivity index (χ1n) is 11.2. The average Bonchev–Trinajstić information content (AvgIpc) is 3.44. The Bertz CT molecular complexity index is 1250. The molecular formula is C25H25N6O2+. The Kier molecular flexibility index (Phi) is 4.80. The maximum atomic E-state index is 12.8. The number of nitrogens with one attached hydrogen (secondary N) is 2. The maximum absolute atomic E-state index is 12.8. The zero-order valence-corrected chi connectivity index (χ0v) is 18.4. The second-order valence-corrected chi connectivity index (χ2v) is 8.58. The molecule has 2 N–H and O–H groups in total. The van der Waals surface area contributed by atoms with Gasteiger partial charge in [-0.2, -0.15) is 0 Å². The molecule has 0 spiro atoms. The smallest absolute Gasteiger partial charge is 0.254 e. The summed E-state index contributed by atoms with van der Waals surface area (Å²) < 4.78 is 7.39. The molecule has 1 aromatic heterocycles. The van der Waals surface area contributed by atoms with Crippen molar-refractivity contribution >= 4 is 28.7 Å². The summed E-state index contributed by atoms with van der Waals surface area (Å²) in [5.74, 6) is 0.639. The number of rotatable bonds is 4. The van der Waals surface area contributed by atoms with Gasteiger partial charge < -0.3 is 20.3 Å². The highest BCUT2D eigenvalue weighted by Crippen LogP contribution is 2.37. The molecule has 0 bridgehead atoms. The van der Waals surface area contributed by atoms with Crippen molar-refractivity contribution in [3.8, 4) is 0 Å². The Balaban J connectivity index is 1.28. The molecule has 1 unspecified atom stereocenters. The second kappa shape index (κ2) is 7.97. The highest BCUT2D eigenvalue weighted by atomic mass is 16.5. The summed E-state index contributed by atoms with van der Waals surface area (Å²) in [5.41, 5.74) is 6.83. The second-order valence-electron chi connectivity index (χ2n) is 8.58. The fourth-order valence-electron chi connectivity index (χ4n) is 4.78. The van der Waals surface area contributed by atoms with Gasteiger partial charge in [-0.15, -0.1) is 0 Å². The molecule has 166 valence electrons. The van der Waals surface area contributed by atoms with E-state index in [0.717, 1.165) is 54.4 Å². The first kappa shape index (κ1) is 19.9. The van der Waals surface area contributed by atoms with Gasteiger partial charge in [0.2, 0.25) is 6.04 Å². The predicted octanol–water partition coefficient (Wildman–Crippen LogP) is 3.57. The Hall–Kier alpha value is -3.78. The molecule has 1 saturated heterocycles.